The molecule has 0 unspecified atom stereocenters. The zero-order valence-electron chi connectivity index (χ0n) is 9.64. The molecule has 90 valence electrons. The van der Waals surface area contributed by atoms with E-state index in [0.717, 1.165) is 11.8 Å². The molecule has 0 saturated heterocycles. The fourth-order valence-electron chi connectivity index (χ4n) is 1.09. The standard InChI is InChI=1S/C12H13NO4/c1-3-17-12(16)11(15)6-10(14)9-5-4-8(2)13-7-9/h4-7,15H,3H2,1-2H3. The molecule has 17 heavy (non-hydrogen) atoms. The van der Waals surface area contributed by atoms with Gasteiger partial charge in [0, 0.05) is 23.5 Å². The van der Waals surface area contributed by atoms with Crippen LogP contribution in [-0.2, 0) is 9.53 Å². The van der Waals surface area contributed by atoms with Gasteiger partial charge in [0.2, 0.25) is 5.76 Å². The van der Waals surface area contributed by atoms with Gasteiger partial charge in [-0.1, -0.05) is 0 Å². The van der Waals surface area contributed by atoms with Gasteiger partial charge in [0.1, 0.15) is 0 Å². The molecule has 0 fully saturated rings. The highest BCUT2D eigenvalue weighted by Gasteiger charge is 2.11. The van der Waals surface area contributed by atoms with E-state index in [-0.39, 0.29) is 6.61 Å². The average Bonchev–Trinajstić information content (AvgIpc) is 2.30. The number of aliphatic hydroxyl groups is 1. The molecule has 0 aliphatic heterocycles. The molecule has 0 spiro atoms. The summed E-state index contributed by atoms with van der Waals surface area (Å²) in [5, 5.41) is 9.28. The number of carbonyl (C=O) groups is 2. The number of esters is 1. The lowest BCUT2D eigenvalue weighted by Crippen LogP contribution is -2.09. The Labute approximate surface area is 98.7 Å². The summed E-state index contributed by atoms with van der Waals surface area (Å²) < 4.78 is 4.53. The molecule has 0 aliphatic rings. The molecule has 0 atom stereocenters. The smallest absolute Gasteiger partial charge is 0.373 e. The third kappa shape index (κ3) is 3.71. The van der Waals surface area contributed by atoms with Crippen LogP contribution in [-0.4, -0.2) is 28.4 Å². The maximum absolute atomic E-state index is 11.6. The number of rotatable bonds is 4. The quantitative estimate of drug-likeness (QED) is 0.371. The van der Waals surface area contributed by atoms with Gasteiger partial charge in [0.05, 0.1) is 6.61 Å². The van der Waals surface area contributed by atoms with Gasteiger partial charge in [-0.15, -0.1) is 0 Å². The van der Waals surface area contributed by atoms with E-state index in [9.17, 15) is 14.7 Å². The Balaban J connectivity index is 2.81. The fourth-order valence-corrected chi connectivity index (χ4v) is 1.09. The number of aromatic nitrogens is 1. The molecular formula is C12H13NO4. The lowest BCUT2D eigenvalue weighted by atomic mass is 10.1. The molecular weight excluding hydrogens is 222 g/mol. The molecule has 0 amide bonds. The van der Waals surface area contributed by atoms with E-state index in [1.165, 1.54) is 6.20 Å². The highest BCUT2D eigenvalue weighted by molar-refractivity contribution is 6.07. The van der Waals surface area contributed by atoms with E-state index in [0.29, 0.717) is 5.56 Å². The zero-order chi connectivity index (χ0) is 12.8. The van der Waals surface area contributed by atoms with Crippen molar-refractivity contribution in [1.82, 2.24) is 4.98 Å². The first-order chi connectivity index (χ1) is 8.04. The van der Waals surface area contributed by atoms with Crippen molar-refractivity contribution in [3.8, 4) is 0 Å². The first-order valence-electron chi connectivity index (χ1n) is 5.09. The van der Waals surface area contributed by atoms with Crippen LogP contribution in [0.5, 0.6) is 0 Å². The summed E-state index contributed by atoms with van der Waals surface area (Å²) in [6.07, 6.45) is 2.21. The molecule has 0 radical (unpaired) electrons. The molecule has 0 aliphatic carbocycles. The number of aliphatic hydroxyl groups excluding tert-OH is 1. The van der Waals surface area contributed by atoms with Crippen molar-refractivity contribution in [1.29, 1.82) is 0 Å². The number of hydrogen-bond acceptors (Lipinski definition) is 5. The summed E-state index contributed by atoms with van der Waals surface area (Å²) >= 11 is 0. The van der Waals surface area contributed by atoms with Gasteiger partial charge in [0.15, 0.2) is 5.78 Å². The second-order valence-electron chi connectivity index (χ2n) is 3.30. The van der Waals surface area contributed by atoms with Gasteiger partial charge >= 0.3 is 5.97 Å². The van der Waals surface area contributed by atoms with E-state index in [1.54, 1.807) is 26.0 Å². The minimum absolute atomic E-state index is 0.136. The van der Waals surface area contributed by atoms with Crippen LogP contribution < -0.4 is 0 Å². The van der Waals surface area contributed by atoms with Gasteiger partial charge < -0.3 is 9.84 Å². The van der Waals surface area contributed by atoms with E-state index in [4.69, 9.17) is 0 Å². The van der Waals surface area contributed by atoms with Crippen molar-refractivity contribution in [2.45, 2.75) is 13.8 Å². The molecule has 5 heteroatoms. The number of ether oxygens (including phenoxy) is 1. The minimum Gasteiger partial charge on any atom is -0.502 e. The number of aryl methyl sites for hydroxylation is 1. The molecule has 0 saturated carbocycles. The normalized spacial score (nSPS) is 11.1. The predicted octanol–water partition coefficient (Wildman–Crippen LogP) is 1.58. The van der Waals surface area contributed by atoms with Crippen molar-refractivity contribution >= 4 is 11.8 Å². The summed E-state index contributed by atoms with van der Waals surface area (Å²) in [7, 11) is 0. The van der Waals surface area contributed by atoms with Gasteiger partial charge in [0.25, 0.3) is 0 Å². The topological polar surface area (TPSA) is 76.5 Å². The number of hydrogen-bond donors (Lipinski definition) is 1. The van der Waals surface area contributed by atoms with Crippen LogP contribution in [0.15, 0.2) is 30.2 Å². The molecule has 1 aromatic heterocycles. The van der Waals surface area contributed by atoms with Crippen molar-refractivity contribution < 1.29 is 19.4 Å². The van der Waals surface area contributed by atoms with Crippen LogP contribution in [0.3, 0.4) is 0 Å². The van der Waals surface area contributed by atoms with E-state index in [1.807, 2.05) is 0 Å². The Morgan fingerprint density at radius 3 is 2.71 bits per heavy atom. The van der Waals surface area contributed by atoms with Crippen molar-refractivity contribution in [3.63, 3.8) is 0 Å². The van der Waals surface area contributed by atoms with Crippen molar-refractivity contribution in [2.75, 3.05) is 6.61 Å². The lowest BCUT2D eigenvalue weighted by molar-refractivity contribution is -0.141. The third-order valence-corrected chi connectivity index (χ3v) is 1.95. The number of carbonyl (C=O) groups excluding carboxylic acids is 2. The van der Waals surface area contributed by atoms with Crippen molar-refractivity contribution in [2.24, 2.45) is 0 Å². The first kappa shape index (κ1) is 12.9. The highest BCUT2D eigenvalue weighted by Crippen LogP contribution is 2.04. The largest absolute Gasteiger partial charge is 0.502 e. The first-order valence-corrected chi connectivity index (χ1v) is 5.09. The Bertz CT molecular complexity index is 448. The second-order valence-corrected chi connectivity index (χ2v) is 3.30. The Morgan fingerprint density at radius 2 is 2.18 bits per heavy atom. The maximum atomic E-state index is 11.6. The van der Waals surface area contributed by atoms with Gasteiger partial charge in [-0.25, -0.2) is 4.79 Å². The van der Waals surface area contributed by atoms with Gasteiger partial charge in [-0.2, -0.15) is 0 Å². The average molecular weight is 235 g/mol. The highest BCUT2D eigenvalue weighted by atomic mass is 16.5. The SMILES string of the molecule is CCOC(=O)C(O)=CC(=O)c1ccc(C)nc1. The fraction of sp³-hybridized carbons (Fsp3) is 0.250. The van der Waals surface area contributed by atoms with Gasteiger partial charge in [-0.05, 0) is 26.0 Å². The number of allylic oxidation sites excluding steroid dienone is 1. The van der Waals surface area contributed by atoms with E-state index in [2.05, 4.69) is 9.72 Å². The van der Waals surface area contributed by atoms with Gasteiger partial charge in [-0.3, -0.25) is 9.78 Å². The number of ketones is 1. The summed E-state index contributed by atoms with van der Waals surface area (Å²) in [6.45, 7) is 3.54. The van der Waals surface area contributed by atoms with Crippen LogP contribution in [0.25, 0.3) is 0 Å². The zero-order valence-corrected chi connectivity index (χ0v) is 9.64. The maximum Gasteiger partial charge on any atom is 0.373 e. The summed E-state index contributed by atoms with van der Waals surface area (Å²) in [5.41, 5.74) is 1.08. The predicted molar refractivity (Wildman–Crippen MR) is 60.6 cm³/mol. The van der Waals surface area contributed by atoms with Crippen LogP contribution in [0, 0.1) is 6.92 Å². The Hall–Kier alpha value is -2.17. The molecule has 1 N–H and O–H groups in total. The van der Waals surface area contributed by atoms with Crippen LogP contribution in [0.1, 0.15) is 23.0 Å². The second kappa shape index (κ2) is 5.79. The van der Waals surface area contributed by atoms with Crippen LogP contribution in [0.4, 0.5) is 0 Å². The molecule has 1 heterocycles. The monoisotopic (exact) mass is 235 g/mol. The minimum atomic E-state index is -0.916. The summed E-state index contributed by atoms with van der Waals surface area (Å²) in [5.74, 6) is -2.12. The number of pyridine rings is 1. The van der Waals surface area contributed by atoms with Crippen molar-refractivity contribution in [3.05, 3.63) is 41.4 Å². The molecule has 1 aromatic rings. The molecule has 0 aromatic carbocycles. The molecule has 1 rings (SSSR count). The van der Waals surface area contributed by atoms with Crippen LogP contribution in [0.2, 0.25) is 0 Å². The van der Waals surface area contributed by atoms with Crippen LogP contribution >= 0.6 is 0 Å². The lowest BCUT2D eigenvalue weighted by Gasteiger charge is -2.00. The van der Waals surface area contributed by atoms with E-state index < -0.39 is 17.5 Å². The molecule has 0 bridgehead atoms. The van der Waals surface area contributed by atoms with E-state index >= 15 is 0 Å². The summed E-state index contributed by atoms with van der Waals surface area (Å²) in [6, 6.07) is 3.24. The Kier molecular flexibility index (Phi) is 4.39. The number of nitrogens with zero attached hydrogens (tertiary/aromatic N) is 1. The molecule has 5 nitrogen and oxygen atoms in total. The third-order valence-electron chi connectivity index (χ3n) is 1.95. The Morgan fingerprint density at radius 1 is 1.47 bits per heavy atom. The summed E-state index contributed by atoms with van der Waals surface area (Å²) in [4.78, 5) is 26.6.